The van der Waals surface area contributed by atoms with Gasteiger partial charge in [0.2, 0.25) is 0 Å². The predicted molar refractivity (Wildman–Crippen MR) is 54.9 cm³/mol. The van der Waals surface area contributed by atoms with Gasteiger partial charge in [0.1, 0.15) is 6.33 Å². The largest absolute Gasteiger partial charge is 0.383 e. The van der Waals surface area contributed by atoms with Gasteiger partial charge in [-0.1, -0.05) is 0 Å². The van der Waals surface area contributed by atoms with Crippen molar-refractivity contribution >= 4 is 0 Å². The third-order valence-electron chi connectivity index (χ3n) is 2.69. The second-order valence-electron chi connectivity index (χ2n) is 3.68. The van der Waals surface area contributed by atoms with Crippen molar-refractivity contribution in [1.82, 2.24) is 19.7 Å². The van der Waals surface area contributed by atoms with E-state index in [2.05, 4.69) is 10.4 Å². The molecule has 0 amide bonds. The summed E-state index contributed by atoms with van der Waals surface area (Å²) in [5.74, 6) is 0. The number of hydrogen-bond donors (Lipinski definition) is 1. The first-order valence-corrected chi connectivity index (χ1v) is 5.16. The summed E-state index contributed by atoms with van der Waals surface area (Å²) in [4.78, 5) is 11.8. The minimum Gasteiger partial charge on any atom is -0.383 e. The van der Waals surface area contributed by atoms with E-state index in [1.165, 1.54) is 4.68 Å². The molecule has 2 rings (SSSR count). The van der Waals surface area contributed by atoms with Crippen molar-refractivity contribution in [1.29, 1.82) is 0 Å². The molecule has 6 nitrogen and oxygen atoms in total. The summed E-state index contributed by atoms with van der Waals surface area (Å²) in [5, 5.41) is 7.29. The van der Waals surface area contributed by atoms with E-state index < -0.39 is 0 Å². The maximum Gasteiger partial charge on any atom is 0.346 e. The van der Waals surface area contributed by atoms with Gasteiger partial charge in [0.05, 0.1) is 19.2 Å². The molecule has 1 N–H and O–H groups in total. The van der Waals surface area contributed by atoms with Crippen molar-refractivity contribution in [2.45, 2.75) is 19.0 Å². The minimum absolute atomic E-state index is 0.0410. The average Bonchev–Trinajstić information content (AvgIpc) is 2.84. The van der Waals surface area contributed by atoms with E-state index >= 15 is 0 Å². The van der Waals surface area contributed by atoms with Gasteiger partial charge in [0.25, 0.3) is 0 Å². The summed E-state index contributed by atoms with van der Waals surface area (Å²) in [5.41, 5.74) is -0.0410. The Morgan fingerprint density at radius 2 is 2.60 bits per heavy atom. The lowest BCUT2D eigenvalue weighted by molar-refractivity contribution is 0.182. The van der Waals surface area contributed by atoms with E-state index in [0.717, 1.165) is 19.5 Å². The van der Waals surface area contributed by atoms with Crippen LogP contribution in [-0.2, 0) is 11.3 Å². The van der Waals surface area contributed by atoms with Crippen molar-refractivity contribution in [3.05, 3.63) is 16.8 Å². The predicted octanol–water partition coefficient (Wildman–Crippen LogP) is -0.774. The van der Waals surface area contributed by atoms with Crippen LogP contribution in [0.5, 0.6) is 0 Å². The van der Waals surface area contributed by atoms with Crippen LogP contribution in [0.2, 0.25) is 0 Å². The smallest absolute Gasteiger partial charge is 0.346 e. The van der Waals surface area contributed by atoms with E-state index in [0.29, 0.717) is 13.2 Å². The highest BCUT2D eigenvalue weighted by Crippen LogP contribution is 2.11. The van der Waals surface area contributed by atoms with Crippen molar-refractivity contribution in [3.63, 3.8) is 0 Å². The molecule has 1 aromatic rings. The third kappa shape index (κ3) is 2.10. The molecule has 6 heteroatoms. The normalized spacial score (nSPS) is 21.0. The lowest BCUT2D eigenvalue weighted by Gasteiger charge is -2.06. The Hall–Kier alpha value is -1.14. The molecule has 15 heavy (non-hydrogen) atoms. The van der Waals surface area contributed by atoms with Gasteiger partial charge in [-0.05, 0) is 13.0 Å². The fraction of sp³-hybridized carbons (Fsp3) is 0.778. The zero-order valence-corrected chi connectivity index (χ0v) is 8.85. The lowest BCUT2D eigenvalue weighted by atomic mass is 10.3. The van der Waals surface area contributed by atoms with Crippen molar-refractivity contribution in [2.75, 3.05) is 26.8 Å². The molecule has 1 saturated heterocycles. The molecule has 0 saturated carbocycles. The van der Waals surface area contributed by atoms with Crippen molar-refractivity contribution in [3.8, 4) is 0 Å². The quantitative estimate of drug-likeness (QED) is 0.711. The summed E-state index contributed by atoms with van der Waals surface area (Å²) in [7, 11) is 1.61. The molecule has 0 unspecified atom stereocenters. The maximum absolute atomic E-state index is 11.8. The van der Waals surface area contributed by atoms with Crippen LogP contribution in [-0.4, -0.2) is 41.2 Å². The number of aromatic nitrogens is 3. The molecule has 0 bridgehead atoms. The average molecular weight is 212 g/mol. The van der Waals surface area contributed by atoms with Crippen LogP contribution in [0.1, 0.15) is 12.5 Å². The van der Waals surface area contributed by atoms with Crippen molar-refractivity contribution < 1.29 is 4.74 Å². The van der Waals surface area contributed by atoms with Gasteiger partial charge >= 0.3 is 5.69 Å². The Bertz CT molecular complexity index is 364. The molecule has 0 aromatic carbocycles. The summed E-state index contributed by atoms with van der Waals surface area (Å²) in [6.45, 7) is 2.86. The first-order chi connectivity index (χ1) is 7.33. The molecule has 0 aliphatic carbocycles. The van der Waals surface area contributed by atoms with Crippen LogP contribution in [0.25, 0.3) is 0 Å². The summed E-state index contributed by atoms with van der Waals surface area (Å²) < 4.78 is 8.06. The summed E-state index contributed by atoms with van der Waals surface area (Å²) in [6, 6.07) is 0.258. The van der Waals surface area contributed by atoms with Crippen molar-refractivity contribution in [2.24, 2.45) is 0 Å². The molecule has 1 atom stereocenters. The molecule has 1 fully saturated rings. The number of hydrogen-bond acceptors (Lipinski definition) is 4. The van der Waals surface area contributed by atoms with E-state index in [9.17, 15) is 4.79 Å². The molecule has 84 valence electrons. The van der Waals surface area contributed by atoms with E-state index in [1.807, 2.05) is 0 Å². The SMILES string of the molecule is COCCn1ncn([C@@H]2CCNC2)c1=O. The minimum atomic E-state index is -0.0410. The Labute approximate surface area is 87.8 Å². The van der Waals surface area contributed by atoms with Gasteiger partial charge in [-0.3, -0.25) is 4.57 Å². The fourth-order valence-corrected chi connectivity index (χ4v) is 1.81. The van der Waals surface area contributed by atoms with Gasteiger partial charge in [0, 0.05) is 13.7 Å². The molecule has 0 radical (unpaired) electrons. The zero-order valence-electron chi connectivity index (χ0n) is 8.85. The van der Waals surface area contributed by atoms with Crippen LogP contribution < -0.4 is 11.0 Å². The second-order valence-corrected chi connectivity index (χ2v) is 3.68. The number of methoxy groups -OCH3 is 1. The van der Waals surface area contributed by atoms with Crippen LogP contribution in [0.3, 0.4) is 0 Å². The highest BCUT2D eigenvalue weighted by atomic mass is 16.5. The Kier molecular flexibility index (Phi) is 3.17. The molecule has 1 aliphatic rings. The second kappa shape index (κ2) is 4.59. The van der Waals surface area contributed by atoms with Crippen LogP contribution in [0, 0.1) is 0 Å². The number of nitrogens with one attached hydrogen (secondary N) is 1. The molecular formula is C9H16N4O2. The Balaban J connectivity index is 2.12. The first-order valence-electron chi connectivity index (χ1n) is 5.16. The van der Waals surface area contributed by atoms with Gasteiger partial charge in [-0.25, -0.2) is 9.48 Å². The molecule has 1 aromatic heterocycles. The van der Waals surface area contributed by atoms with Crippen LogP contribution in [0.4, 0.5) is 0 Å². The molecule has 1 aliphatic heterocycles. The summed E-state index contributed by atoms with van der Waals surface area (Å²) in [6.07, 6.45) is 2.62. The fourth-order valence-electron chi connectivity index (χ4n) is 1.81. The number of nitrogens with zero attached hydrogens (tertiary/aromatic N) is 3. The van der Waals surface area contributed by atoms with Crippen LogP contribution >= 0.6 is 0 Å². The Morgan fingerprint density at radius 1 is 1.73 bits per heavy atom. The van der Waals surface area contributed by atoms with Gasteiger partial charge in [0.15, 0.2) is 0 Å². The molecule has 0 spiro atoms. The topological polar surface area (TPSA) is 61.1 Å². The van der Waals surface area contributed by atoms with E-state index in [4.69, 9.17) is 4.74 Å². The lowest BCUT2D eigenvalue weighted by Crippen LogP contribution is -2.29. The summed E-state index contributed by atoms with van der Waals surface area (Å²) >= 11 is 0. The maximum atomic E-state index is 11.8. The van der Waals surface area contributed by atoms with Gasteiger partial charge in [-0.15, -0.1) is 0 Å². The first kappa shape index (κ1) is 10.4. The van der Waals surface area contributed by atoms with Gasteiger partial charge < -0.3 is 10.1 Å². The molecule has 2 heterocycles. The van der Waals surface area contributed by atoms with E-state index in [-0.39, 0.29) is 11.7 Å². The number of ether oxygens (including phenoxy) is 1. The monoisotopic (exact) mass is 212 g/mol. The van der Waals surface area contributed by atoms with Gasteiger partial charge in [-0.2, -0.15) is 5.10 Å². The molecular weight excluding hydrogens is 196 g/mol. The van der Waals surface area contributed by atoms with E-state index in [1.54, 1.807) is 18.0 Å². The highest BCUT2D eigenvalue weighted by Gasteiger charge is 2.19. The standard InChI is InChI=1S/C9H16N4O2/c1-15-5-4-13-9(14)12(7-11-13)8-2-3-10-6-8/h7-8,10H,2-6H2,1H3/t8-/m1/s1. The third-order valence-corrected chi connectivity index (χ3v) is 2.69. The Morgan fingerprint density at radius 3 is 3.27 bits per heavy atom. The highest BCUT2D eigenvalue weighted by molar-refractivity contribution is 4.82. The number of rotatable bonds is 4. The zero-order chi connectivity index (χ0) is 10.7. The van der Waals surface area contributed by atoms with Crippen LogP contribution in [0.15, 0.2) is 11.1 Å².